The van der Waals surface area contributed by atoms with Crippen LogP contribution in [0.2, 0.25) is 0 Å². The molecule has 0 aliphatic heterocycles. The van der Waals surface area contributed by atoms with Crippen molar-refractivity contribution in [2.24, 2.45) is 0 Å². The maximum atomic E-state index is 12.1. The van der Waals surface area contributed by atoms with Crippen LogP contribution >= 0.6 is 0 Å². The highest BCUT2D eigenvalue weighted by atomic mass is 16.5. The molecule has 0 fully saturated rings. The highest BCUT2D eigenvalue weighted by molar-refractivity contribution is 5.92. The summed E-state index contributed by atoms with van der Waals surface area (Å²) in [6, 6.07) is 8.81. The van der Waals surface area contributed by atoms with Gasteiger partial charge in [-0.2, -0.15) is 5.10 Å². The molecule has 0 bridgehead atoms. The molecule has 1 aromatic carbocycles. The van der Waals surface area contributed by atoms with E-state index in [-0.39, 0.29) is 5.91 Å². The van der Waals surface area contributed by atoms with Crippen LogP contribution in [-0.4, -0.2) is 34.3 Å². The number of carbonyl (C=O) groups excluding carboxylic acids is 2. The van der Waals surface area contributed by atoms with Crippen molar-refractivity contribution in [1.82, 2.24) is 15.1 Å². The quantitative estimate of drug-likeness (QED) is 0.830. The predicted molar refractivity (Wildman–Crippen MR) is 86.5 cm³/mol. The van der Waals surface area contributed by atoms with Crippen LogP contribution in [0.1, 0.15) is 36.3 Å². The maximum absolute atomic E-state index is 12.1. The van der Waals surface area contributed by atoms with Gasteiger partial charge in [0.25, 0.3) is 5.91 Å². The molecule has 1 aromatic heterocycles. The summed E-state index contributed by atoms with van der Waals surface area (Å²) in [5, 5.41) is 6.90. The number of amides is 1. The molecule has 2 rings (SSSR count). The maximum Gasteiger partial charge on any atom is 0.338 e. The van der Waals surface area contributed by atoms with Crippen LogP contribution in [0, 0.1) is 6.92 Å². The number of aromatic nitrogens is 2. The lowest BCUT2D eigenvalue weighted by molar-refractivity contribution is -0.129. The molecule has 23 heavy (non-hydrogen) atoms. The molecule has 0 aliphatic rings. The number of carbonyl (C=O) groups is 2. The molecular formula is C17H21N3O3. The van der Waals surface area contributed by atoms with Crippen molar-refractivity contribution in [3.05, 3.63) is 47.8 Å². The van der Waals surface area contributed by atoms with Gasteiger partial charge in [-0.05, 0) is 50.6 Å². The van der Waals surface area contributed by atoms with Crippen molar-refractivity contribution < 1.29 is 14.3 Å². The van der Waals surface area contributed by atoms with Crippen LogP contribution in [-0.2, 0) is 9.53 Å². The standard InChI is InChI=1S/C17H21N3O3/c1-4-10-18-16(21)13(3)23-17(22)14-5-7-15(8-6-14)20-12(2)9-11-19-20/h5-9,11,13H,4,10H2,1-3H3,(H,18,21)/t13-/m0/s1. The summed E-state index contributed by atoms with van der Waals surface area (Å²) in [5.41, 5.74) is 2.26. The minimum Gasteiger partial charge on any atom is -0.449 e. The fraction of sp³-hybridized carbons (Fsp3) is 0.353. The molecule has 6 heteroatoms. The van der Waals surface area contributed by atoms with Gasteiger partial charge in [-0.25, -0.2) is 9.48 Å². The first-order chi connectivity index (χ1) is 11.0. The smallest absolute Gasteiger partial charge is 0.338 e. The number of nitrogens with one attached hydrogen (secondary N) is 1. The van der Waals surface area contributed by atoms with Crippen molar-refractivity contribution in [3.8, 4) is 5.69 Å². The minimum absolute atomic E-state index is 0.288. The lowest BCUT2D eigenvalue weighted by Crippen LogP contribution is -2.36. The van der Waals surface area contributed by atoms with E-state index in [1.807, 2.05) is 19.9 Å². The largest absolute Gasteiger partial charge is 0.449 e. The average Bonchev–Trinajstić information content (AvgIpc) is 2.98. The van der Waals surface area contributed by atoms with Crippen LogP contribution in [0.4, 0.5) is 0 Å². The lowest BCUT2D eigenvalue weighted by atomic mass is 10.2. The Morgan fingerprint density at radius 1 is 1.26 bits per heavy atom. The Kier molecular flexibility index (Phi) is 5.51. The van der Waals surface area contributed by atoms with Crippen molar-refractivity contribution in [2.75, 3.05) is 6.54 Å². The molecule has 0 unspecified atom stereocenters. The van der Waals surface area contributed by atoms with Gasteiger partial charge in [0, 0.05) is 18.4 Å². The number of benzene rings is 1. The number of nitrogens with zero attached hydrogens (tertiary/aromatic N) is 2. The minimum atomic E-state index is -0.818. The fourth-order valence-corrected chi connectivity index (χ4v) is 2.05. The van der Waals surface area contributed by atoms with Gasteiger partial charge in [0.15, 0.2) is 6.10 Å². The Hall–Kier alpha value is -2.63. The molecule has 0 saturated carbocycles. The third-order valence-corrected chi connectivity index (χ3v) is 3.38. The van der Waals surface area contributed by atoms with Crippen molar-refractivity contribution in [2.45, 2.75) is 33.3 Å². The van der Waals surface area contributed by atoms with Gasteiger partial charge in [-0.3, -0.25) is 4.79 Å². The van der Waals surface area contributed by atoms with Crippen LogP contribution < -0.4 is 5.32 Å². The molecule has 1 heterocycles. The first-order valence-corrected chi connectivity index (χ1v) is 7.62. The van der Waals surface area contributed by atoms with Gasteiger partial charge in [0.1, 0.15) is 0 Å². The third-order valence-electron chi connectivity index (χ3n) is 3.38. The highest BCUT2D eigenvalue weighted by Crippen LogP contribution is 2.12. The van der Waals surface area contributed by atoms with E-state index in [2.05, 4.69) is 10.4 Å². The Morgan fingerprint density at radius 3 is 2.52 bits per heavy atom. The van der Waals surface area contributed by atoms with E-state index >= 15 is 0 Å². The molecular weight excluding hydrogens is 294 g/mol. The van der Waals surface area contributed by atoms with Gasteiger partial charge >= 0.3 is 5.97 Å². The first kappa shape index (κ1) is 16.7. The molecule has 1 N–H and O–H groups in total. The van der Waals surface area contributed by atoms with Crippen molar-refractivity contribution in [1.29, 1.82) is 0 Å². The second kappa shape index (κ2) is 7.58. The van der Waals surface area contributed by atoms with E-state index in [9.17, 15) is 9.59 Å². The topological polar surface area (TPSA) is 73.2 Å². The van der Waals surface area contributed by atoms with Gasteiger partial charge < -0.3 is 10.1 Å². The summed E-state index contributed by atoms with van der Waals surface area (Å²) in [7, 11) is 0. The molecule has 0 aliphatic carbocycles. The van der Waals surface area contributed by atoms with E-state index in [4.69, 9.17) is 4.74 Å². The Labute approximate surface area is 135 Å². The zero-order valence-corrected chi connectivity index (χ0v) is 13.6. The molecule has 0 radical (unpaired) electrons. The van der Waals surface area contributed by atoms with Crippen LogP contribution in [0.3, 0.4) is 0 Å². The summed E-state index contributed by atoms with van der Waals surface area (Å²) in [5.74, 6) is -0.808. The van der Waals surface area contributed by atoms with Crippen molar-refractivity contribution in [3.63, 3.8) is 0 Å². The number of esters is 1. The Balaban J connectivity index is 2.00. The second-order valence-electron chi connectivity index (χ2n) is 5.27. The monoisotopic (exact) mass is 315 g/mol. The van der Waals surface area contributed by atoms with E-state index in [0.717, 1.165) is 17.8 Å². The van der Waals surface area contributed by atoms with Crippen LogP contribution in [0.15, 0.2) is 36.5 Å². The number of ether oxygens (including phenoxy) is 1. The van der Waals surface area contributed by atoms with Crippen LogP contribution in [0.25, 0.3) is 5.69 Å². The molecule has 6 nitrogen and oxygen atoms in total. The third kappa shape index (κ3) is 4.18. The zero-order valence-electron chi connectivity index (χ0n) is 13.6. The van der Waals surface area contributed by atoms with Crippen LogP contribution in [0.5, 0.6) is 0 Å². The average molecular weight is 315 g/mol. The molecule has 0 saturated heterocycles. The van der Waals surface area contributed by atoms with Gasteiger partial charge in [-0.15, -0.1) is 0 Å². The molecule has 1 amide bonds. The van der Waals surface area contributed by atoms with Gasteiger partial charge in [0.05, 0.1) is 11.3 Å². The summed E-state index contributed by atoms with van der Waals surface area (Å²) in [6.45, 7) is 6.04. The summed E-state index contributed by atoms with van der Waals surface area (Å²) in [4.78, 5) is 23.8. The van der Waals surface area contributed by atoms with E-state index < -0.39 is 12.1 Å². The van der Waals surface area contributed by atoms with Gasteiger partial charge in [-0.1, -0.05) is 6.92 Å². The Morgan fingerprint density at radius 2 is 1.96 bits per heavy atom. The molecule has 122 valence electrons. The number of hydrogen-bond donors (Lipinski definition) is 1. The number of aryl methyl sites for hydroxylation is 1. The van der Waals surface area contributed by atoms with E-state index in [1.54, 1.807) is 42.1 Å². The highest BCUT2D eigenvalue weighted by Gasteiger charge is 2.18. The molecule has 2 aromatic rings. The second-order valence-corrected chi connectivity index (χ2v) is 5.27. The van der Waals surface area contributed by atoms with E-state index in [1.165, 1.54) is 0 Å². The van der Waals surface area contributed by atoms with Gasteiger partial charge in [0.2, 0.25) is 0 Å². The van der Waals surface area contributed by atoms with Crippen molar-refractivity contribution >= 4 is 11.9 Å². The number of hydrogen-bond acceptors (Lipinski definition) is 4. The van der Waals surface area contributed by atoms with E-state index in [0.29, 0.717) is 12.1 Å². The molecule has 1 atom stereocenters. The Bertz CT molecular complexity index is 677. The molecule has 0 spiro atoms. The summed E-state index contributed by atoms with van der Waals surface area (Å²) >= 11 is 0. The number of rotatable bonds is 6. The normalized spacial score (nSPS) is 11.8. The lowest BCUT2D eigenvalue weighted by Gasteiger charge is -2.13. The predicted octanol–water partition coefficient (Wildman–Crippen LogP) is 2.25. The zero-order chi connectivity index (χ0) is 16.8. The summed E-state index contributed by atoms with van der Waals surface area (Å²) < 4.78 is 6.95. The SMILES string of the molecule is CCCNC(=O)[C@H](C)OC(=O)c1ccc(-n2nccc2C)cc1. The summed E-state index contributed by atoms with van der Waals surface area (Å²) in [6.07, 6.45) is 1.73. The first-order valence-electron chi connectivity index (χ1n) is 7.62. The fourth-order valence-electron chi connectivity index (χ4n) is 2.05.